The number of ether oxygens (including phenoxy) is 2. The lowest BCUT2D eigenvalue weighted by Gasteiger charge is -2.36. The molecule has 0 radical (unpaired) electrons. The molecule has 2 aromatic heterocycles. The normalized spacial score (nSPS) is 22.0. The van der Waals surface area contributed by atoms with Crippen LogP contribution in [0.3, 0.4) is 0 Å². The molecule has 0 spiro atoms. The Kier molecular flexibility index (Phi) is 9.52. The Balaban J connectivity index is 0.000000165. The van der Waals surface area contributed by atoms with Gasteiger partial charge in [-0.25, -0.2) is 0 Å². The van der Waals surface area contributed by atoms with Crippen molar-refractivity contribution in [2.24, 2.45) is 0 Å². The molecule has 0 aliphatic carbocycles. The number of fused-ring (bicyclic) bond motifs is 6. The molecule has 4 heterocycles. The van der Waals surface area contributed by atoms with Crippen LogP contribution in [-0.2, 0) is 39.9 Å². The van der Waals surface area contributed by atoms with Crippen LogP contribution in [0, 0.1) is 0 Å². The van der Waals surface area contributed by atoms with Crippen LogP contribution in [0.1, 0.15) is 101 Å². The second-order valence-electron chi connectivity index (χ2n) is 11.5. The van der Waals surface area contributed by atoms with Crippen LogP contribution in [0.25, 0.3) is 21.8 Å². The van der Waals surface area contributed by atoms with Crippen molar-refractivity contribution in [2.45, 2.75) is 104 Å². The zero-order chi connectivity index (χ0) is 29.4. The first-order valence-electron chi connectivity index (χ1n) is 15.4. The number of benzene rings is 2. The number of aryl methyl sites for hydroxylation is 1. The van der Waals surface area contributed by atoms with Crippen molar-refractivity contribution in [1.29, 1.82) is 0 Å². The van der Waals surface area contributed by atoms with E-state index in [-0.39, 0.29) is 11.2 Å². The van der Waals surface area contributed by atoms with E-state index in [1.165, 1.54) is 43.5 Å². The summed E-state index contributed by atoms with van der Waals surface area (Å²) in [5, 5.41) is 3.90. The number of rotatable bonds is 7. The van der Waals surface area contributed by atoms with Gasteiger partial charge in [-0.2, -0.15) is 0 Å². The molecular weight excluding hydrogens is 619 g/mol. The summed E-state index contributed by atoms with van der Waals surface area (Å²) in [6, 6.07) is 8.30. The number of halogens is 3. The van der Waals surface area contributed by atoms with E-state index < -0.39 is 0 Å². The summed E-state index contributed by atoms with van der Waals surface area (Å²) in [7, 11) is 0. The first-order valence-corrected chi connectivity index (χ1v) is 16.9. The average Bonchev–Trinajstić information content (AvgIpc) is 3.54. The van der Waals surface area contributed by atoms with Crippen molar-refractivity contribution < 1.29 is 9.47 Å². The zero-order valence-electron chi connectivity index (χ0n) is 25.0. The maximum absolute atomic E-state index is 6.34. The molecule has 2 aliphatic rings. The van der Waals surface area contributed by atoms with Gasteiger partial charge in [-0.15, -0.1) is 0 Å². The van der Waals surface area contributed by atoms with Crippen molar-refractivity contribution in [3.05, 3.63) is 66.9 Å². The molecule has 4 nitrogen and oxygen atoms in total. The molecule has 4 aromatic rings. The quantitative estimate of drug-likeness (QED) is 0.207. The van der Waals surface area contributed by atoms with Gasteiger partial charge in [0.05, 0.1) is 35.1 Å². The summed E-state index contributed by atoms with van der Waals surface area (Å²) in [6.07, 6.45) is 9.32. The van der Waals surface area contributed by atoms with Gasteiger partial charge in [-0.1, -0.05) is 86.6 Å². The van der Waals surface area contributed by atoms with E-state index in [0.717, 1.165) is 81.9 Å². The Morgan fingerprint density at radius 1 is 0.756 bits per heavy atom. The van der Waals surface area contributed by atoms with Crippen LogP contribution in [-0.4, -0.2) is 23.2 Å². The minimum absolute atomic E-state index is 0.112. The van der Waals surface area contributed by atoms with E-state index in [1.54, 1.807) is 6.07 Å². The Labute approximate surface area is 263 Å². The van der Waals surface area contributed by atoms with Crippen molar-refractivity contribution >= 4 is 60.9 Å². The predicted octanol–water partition coefficient (Wildman–Crippen LogP) is 10.9. The standard InChI is InChI=1S/C18H24BrNO.C16H19Cl2NO/c1-4-8-18(6-3)17-14(7-9-21-18)15-11-13(19)10-12(5-2)16(15)20-17;1-3-6-16(4-2)15-11(5-7-20-16)12-8-10(17)9-13(18)14(12)19-15/h10-11,20H,4-9H2,1-3H3;8-9,19H,3-7H2,1-2H3. The fourth-order valence-electron chi connectivity index (χ4n) is 7.19. The maximum Gasteiger partial charge on any atom is 0.108 e. The number of hydrogen-bond acceptors (Lipinski definition) is 2. The molecule has 0 saturated heterocycles. The Hall–Kier alpha value is -1.50. The lowest BCUT2D eigenvalue weighted by Crippen LogP contribution is -2.35. The second kappa shape index (κ2) is 12.6. The summed E-state index contributed by atoms with van der Waals surface area (Å²) >= 11 is 16.2. The van der Waals surface area contributed by atoms with E-state index in [9.17, 15) is 0 Å². The number of nitrogens with one attached hydrogen (secondary N) is 2. The summed E-state index contributed by atoms with van der Waals surface area (Å²) in [5.41, 5.74) is 8.71. The highest BCUT2D eigenvalue weighted by molar-refractivity contribution is 9.10. The molecule has 41 heavy (non-hydrogen) atoms. The Morgan fingerprint density at radius 2 is 1.29 bits per heavy atom. The van der Waals surface area contributed by atoms with Gasteiger partial charge in [0.15, 0.2) is 0 Å². The minimum Gasteiger partial charge on any atom is -0.368 e. The molecule has 2 unspecified atom stereocenters. The van der Waals surface area contributed by atoms with Crippen LogP contribution in [0.4, 0.5) is 0 Å². The third kappa shape index (κ3) is 5.51. The first-order chi connectivity index (χ1) is 19.8. The van der Waals surface area contributed by atoms with E-state index >= 15 is 0 Å². The van der Waals surface area contributed by atoms with Crippen molar-refractivity contribution in [2.75, 3.05) is 13.2 Å². The molecule has 6 rings (SSSR count). The second-order valence-corrected chi connectivity index (χ2v) is 13.3. The number of hydrogen-bond donors (Lipinski definition) is 2. The molecule has 0 bridgehead atoms. The number of H-pyrrole nitrogens is 2. The van der Waals surface area contributed by atoms with E-state index in [0.29, 0.717) is 10.0 Å². The van der Waals surface area contributed by atoms with Gasteiger partial charge in [0.2, 0.25) is 0 Å². The van der Waals surface area contributed by atoms with E-state index in [2.05, 4.69) is 72.6 Å². The molecule has 222 valence electrons. The van der Waals surface area contributed by atoms with Crippen LogP contribution >= 0.6 is 39.1 Å². The molecule has 2 N–H and O–H groups in total. The highest BCUT2D eigenvalue weighted by Gasteiger charge is 2.39. The highest BCUT2D eigenvalue weighted by Crippen LogP contribution is 2.45. The van der Waals surface area contributed by atoms with Gasteiger partial charge < -0.3 is 19.4 Å². The van der Waals surface area contributed by atoms with Crippen LogP contribution in [0.2, 0.25) is 10.0 Å². The molecular formula is C34H43BrCl2N2O2. The fraction of sp³-hybridized carbons (Fsp3) is 0.529. The van der Waals surface area contributed by atoms with Crippen LogP contribution in [0.5, 0.6) is 0 Å². The fourth-order valence-corrected chi connectivity index (χ4v) is 8.23. The average molecular weight is 663 g/mol. The lowest BCUT2D eigenvalue weighted by atomic mass is 9.85. The highest BCUT2D eigenvalue weighted by atomic mass is 79.9. The molecule has 2 aromatic carbocycles. The van der Waals surface area contributed by atoms with Gasteiger partial charge in [0, 0.05) is 25.8 Å². The zero-order valence-corrected chi connectivity index (χ0v) is 28.1. The van der Waals surface area contributed by atoms with Gasteiger partial charge >= 0.3 is 0 Å². The summed E-state index contributed by atoms with van der Waals surface area (Å²) in [4.78, 5) is 7.27. The molecule has 2 atom stereocenters. The van der Waals surface area contributed by atoms with Crippen molar-refractivity contribution in [3.63, 3.8) is 0 Å². The summed E-state index contributed by atoms with van der Waals surface area (Å²) in [6.45, 7) is 12.7. The number of aromatic nitrogens is 2. The Bertz CT molecular complexity index is 1540. The molecule has 0 amide bonds. The van der Waals surface area contributed by atoms with Gasteiger partial charge in [0.1, 0.15) is 11.2 Å². The summed E-state index contributed by atoms with van der Waals surface area (Å²) < 4.78 is 13.6. The monoisotopic (exact) mass is 660 g/mol. The first kappa shape index (κ1) is 30.9. The van der Waals surface area contributed by atoms with Crippen molar-refractivity contribution in [3.8, 4) is 0 Å². The topological polar surface area (TPSA) is 50.0 Å². The molecule has 0 saturated carbocycles. The predicted molar refractivity (Wildman–Crippen MR) is 177 cm³/mol. The maximum atomic E-state index is 6.34. The Morgan fingerprint density at radius 3 is 1.80 bits per heavy atom. The lowest BCUT2D eigenvalue weighted by molar-refractivity contribution is -0.0725. The van der Waals surface area contributed by atoms with Gasteiger partial charge in [0.25, 0.3) is 0 Å². The molecule has 2 aliphatic heterocycles. The molecule has 0 fully saturated rings. The van der Waals surface area contributed by atoms with Gasteiger partial charge in [-0.05, 0) is 85.9 Å². The van der Waals surface area contributed by atoms with Crippen LogP contribution < -0.4 is 0 Å². The van der Waals surface area contributed by atoms with E-state index in [4.69, 9.17) is 32.7 Å². The number of aromatic amines is 2. The molecule has 7 heteroatoms. The smallest absolute Gasteiger partial charge is 0.108 e. The minimum atomic E-state index is -0.197. The SMILES string of the molecule is CCCC1(CC)OCCc2c1[nH]c1c(CC)cc(Br)cc21.CCCC1(CC)OCCc2c1[nH]c1c(Cl)cc(Cl)cc21. The van der Waals surface area contributed by atoms with Crippen molar-refractivity contribution in [1.82, 2.24) is 9.97 Å². The summed E-state index contributed by atoms with van der Waals surface area (Å²) in [5.74, 6) is 0. The van der Waals surface area contributed by atoms with Crippen LogP contribution in [0.15, 0.2) is 28.7 Å². The van der Waals surface area contributed by atoms with Gasteiger partial charge in [-0.3, -0.25) is 0 Å². The third-order valence-electron chi connectivity index (χ3n) is 9.20. The largest absolute Gasteiger partial charge is 0.368 e. The van der Waals surface area contributed by atoms with E-state index in [1.807, 2.05) is 6.07 Å². The third-order valence-corrected chi connectivity index (χ3v) is 10.2.